The molecule has 4 nitrogen and oxygen atoms in total. The first kappa shape index (κ1) is 16.2. The van der Waals surface area contributed by atoms with Crippen molar-refractivity contribution < 1.29 is 17.6 Å². The molecule has 21 heavy (non-hydrogen) atoms. The fourth-order valence-electron chi connectivity index (χ4n) is 2.22. The molecule has 1 N–H and O–H groups in total. The van der Waals surface area contributed by atoms with Crippen molar-refractivity contribution in [3.63, 3.8) is 0 Å². The number of benzene rings is 1. The highest BCUT2D eigenvalue weighted by Crippen LogP contribution is 2.36. The van der Waals surface area contributed by atoms with Crippen molar-refractivity contribution >= 4 is 25.6 Å². The van der Waals surface area contributed by atoms with Gasteiger partial charge in [-0.3, -0.25) is 4.79 Å². The van der Waals surface area contributed by atoms with Crippen LogP contribution in [0.15, 0.2) is 17.0 Å². The quantitative estimate of drug-likeness (QED) is 0.843. The van der Waals surface area contributed by atoms with E-state index in [0.29, 0.717) is 18.4 Å². The molecule has 0 radical (unpaired) electrons. The van der Waals surface area contributed by atoms with Crippen molar-refractivity contribution in [2.45, 2.75) is 31.6 Å². The molecular weight excluding hydrogens is 317 g/mol. The van der Waals surface area contributed by atoms with Crippen molar-refractivity contribution in [1.82, 2.24) is 5.32 Å². The molecule has 7 heteroatoms. The number of hydrogen-bond donors (Lipinski definition) is 1. The van der Waals surface area contributed by atoms with Gasteiger partial charge in [-0.15, -0.1) is 0 Å². The first-order valence-corrected chi connectivity index (χ1v) is 9.04. The summed E-state index contributed by atoms with van der Waals surface area (Å²) in [6, 6.07) is 2.09. The molecule has 0 spiro atoms. The smallest absolute Gasteiger partial charge is 0.261 e. The van der Waals surface area contributed by atoms with E-state index < -0.39 is 20.8 Å². The molecule has 0 saturated heterocycles. The Morgan fingerprint density at radius 2 is 2.10 bits per heavy atom. The average Bonchev–Trinajstić information content (AvgIpc) is 3.21. The highest BCUT2D eigenvalue weighted by Gasteiger charge is 2.28. The third kappa shape index (κ3) is 3.95. The molecular formula is C14H17ClFNO3S. The zero-order valence-electron chi connectivity index (χ0n) is 11.8. The second-order valence-electron chi connectivity index (χ2n) is 5.56. The summed E-state index contributed by atoms with van der Waals surface area (Å²) in [5, 5.41) is 2.65. The first-order chi connectivity index (χ1) is 9.70. The highest BCUT2D eigenvalue weighted by molar-refractivity contribution is 8.13. The lowest BCUT2D eigenvalue weighted by atomic mass is 10.1. The SMILES string of the molecule is Cc1cc(S(=O)(=O)Cl)cc(C(=O)NCC(C)C2CC2)c1F. The second-order valence-corrected chi connectivity index (χ2v) is 8.13. The van der Waals surface area contributed by atoms with Gasteiger partial charge in [0.2, 0.25) is 0 Å². The fraction of sp³-hybridized carbons (Fsp3) is 0.500. The Kier molecular flexibility index (Phi) is 4.58. The van der Waals surface area contributed by atoms with Crippen LogP contribution in [0, 0.1) is 24.6 Å². The van der Waals surface area contributed by atoms with Gasteiger partial charge in [0.15, 0.2) is 0 Å². The van der Waals surface area contributed by atoms with Gasteiger partial charge in [-0.25, -0.2) is 12.8 Å². The maximum Gasteiger partial charge on any atom is 0.261 e. The van der Waals surface area contributed by atoms with Gasteiger partial charge < -0.3 is 5.32 Å². The number of aryl methyl sites for hydroxylation is 1. The predicted octanol–water partition coefficient (Wildman–Crippen LogP) is 2.84. The maximum atomic E-state index is 14.0. The number of halogens is 2. The molecule has 1 atom stereocenters. The fourth-order valence-corrected chi connectivity index (χ4v) is 3.07. The normalized spacial score (nSPS) is 16.6. The first-order valence-electron chi connectivity index (χ1n) is 6.73. The molecule has 0 bridgehead atoms. The summed E-state index contributed by atoms with van der Waals surface area (Å²) in [6.07, 6.45) is 2.31. The van der Waals surface area contributed by atoms with Gasteiger partial charge in [0.1, 0.15) is 5.82 Å². The van der Waals surface area contributed by atoms with Crippen molar-refractivity contribution in [2.24, 2.45) is 11.8 Å². The Morgan fingerprint density at radius 1 is 1.48 bits per heavy atom. The molecule has 1 aliphatic carbocycles. The number of carbonyl (C=O) groups excluding carboxylic acids is 1. The van der Waals surface area contributed by atoms with E-state index in [-0.39, 0.29) is 16.0 Å². The summed E-state index contributed by atoms with van der Waals surface area (Å²) in [5.41, 5.74) is -0.227. The highest BCUT2D eigenvalue weighted by atomic mass is 35.7. The van der Waals surface area contributed by atoms with Crippen LogP contribution in [-0.4, -0.2) is 20.9 Å². The van der Waals surface area contributed by atoms with E-state index in [2.05, 4.69) is 5.32 Å². The lowest BCUT2D eigenvalue weighted by Gasteiger charge is -2.13. The summed E-state index contributed by atoms with van der Waals surface area (Å²) in [6.45, 7) is 3.86. The van der Waals surface area contributed by atoms with E-state index in [1.165, 1.54) is 6.92 Å². The van der Waals surface area contributed by atoms with E-state index >= 15 is 0 Å². The molecule has 1 aromatic rings. The van der Waals surface area contributed by atoms with Gasteiger partial charge in [0, 0.05) is 17.2 Å². The van der Waals surface area contributed by atoms with E-state index in [1.54, 1.807) is 0 Å². The number of carbonyl (C=O) groups is 1. The van der Waals surface area contributed by atoms with E-state index in [4.69, 9.17) is 10.7 Å². The zero-order valence-corrected chi connectivity index (χ0v) is 13.4. The van der Waals surface area contributed by atoms with E-state index in [1.807, 2.05) is 6.92 Å². The molecule has 0 aromatic heterocycles. The molecule has 2 rings (SSSR count). The molecule has 1 unspecified atom stereocenters. The number of rotatable bonds is 5. The Morgan fingerprint density at radius 3 is 2.62 bits per heavy atom. The average molecular weight is 334 g/mol. The summed E-state index contributed by atoms with van der Waals surface area (Å²) in [4.78, 5) is 11.8. The lowest BCUT2D eigenvalue weighted by Crippen LogP contribution is -2.30. The van der Waals surface area contributed by atoms with Crippen LogP contribution in [-0.2, 0) is 9.05 Å². The molecule has 1 aromatic carbocycles. The Hall–Kier alpha value is -1.14. The molecule has 1 fully saturated rings. The monoisotopic (exact) mass is 333 g/mol. The Bertz CT molecular complexity index is 671. The van der Waals surface area contributed by atoms with Gasteiger partial charge in [-0.05, 0) is 49.3 Å². The lowest BCUT2D eigenvalue weighted by molar-refractivity contribution is 0.0942. The minimum atomic E-state index is -4.01. The Labute approximate surface area is 128 Å². The summed E-state index contributed by atoms with van der Waals surface area (Å²) in [7, 11) is 1.25. The molecule has 0 aliphatic heterocycles. The zero-order chi connectivity index (χ0) is 15.8. The van der Waals surface area contributed by atoms with Crippen LogP contribution in [0.1, 0.15) is 35.7 Å². The van der Waals surface area contributed by atoms with Gasteiger partial charge in [0.05, 0.1) is 10.5 Å². The molecule has 0 heterocycles. The van der Waals surface area contributed by atoms with Gasteiger partial charge in [0.25, 0.3) is 15.0 Å². The standard InChI is InChI=1S/C14H17ClFNO3S/c1-8-5-11(21(15,19)20)6-12(13(8)16)14(18)17-7-9(2)10-3-4-10/h5-6,9-10H,3-4,7H2,1-2H3,(H,17,18). The summed E-state index contributed by atoms with van der Waals surface area (Å²) < 4.78 is 36.7. The van der Waals surface area contributed by atoms with Crippen LogP contribution in [0.3, 0.4) is 0 Å². The topological polar surface area (TPSA) is 63.2 Å². The van der Waals surface area contributed by atoms with Gasteiger partial charge in [-0.2, -0.15) is 0 Å². The van der Waals surface area contributed by atoms with Crippen molar-refractivity contribution in [3.8, 4) is 0 Å². The van der Waals surface area contributed by atoms with Crippen LogP contribution < -0.4 is 5.32 Å². The maximum absolute atomic E-state index is 14.0. The third-order valence-electron chi connectivity index (χ3n) is 3.77. The predicted molar refractivity (Wildman–Crippen MR) is 78.4 cm³/mol. The number of hydrogen-bond acceptors (Lipinski definition) is 3. The van der Waals surface area contributed by atoms with E-state index in [0.717, 1.165) is 25.0 Å². The third-order valence-corrected chi connectivity index (χ3v) is 5.10. The van der Waals surface area contributed by atoms with Crippen LogP contribution in [0.5, 0.6) is 0 Å². The molecule has 1 aliphatic rings. The van der Waals surface area contributed by atoms with E-state index in [9.17, 15) is 17.6 Å². The second kappa shape index (κ2) is 5.93. The Balaban J connectivity index is 2.21. The van der Waals surface area contributed by atoms with Crippen LogP contribution in [0.25, 0.3) is 0 Å². The molecule has 1 amide bonds. The summed E-state index contributed by atoms with van der Waals surface area (Å²) >= 11 is 0. The van der Waals surface area contributed by atoms with Crippen molar-refractivity contribution in [3.05, 3.63) is 29.1 Å². The molecule has 1 saturated carbocycles. The summed E-state index contributed by atoms with van der Waals surface area (Å²) in [5.74, 6) is -0.398. The van der Waals surface area contributed by atoms with Crippen LogP contribution in [0.4, 0.5) is 4.39 Å². The van der Waals surface area contributed by atoms with Gasteiger partial charge in [-0.1, -0.05) is 6.92 Å². The number of amides is 1. The number of nitrogens with one attached hydrogen (secondary N) is 1. The largest absolute Gasteiger partial charge is 0.352 e. The van der Waals surface area contributed by atoms with Gasteiger partial charge >= 0.3 is 0 Å². The molecule has 116 valence electrons. The minimum absolute atomic E-state index is 0.0668. The van der Waals surface area contributed by atoms with Crippen LogP contribution >= 0.6 is 10.7 Å². The van der Waals surface area contributed by atoms with Crippen molar-refractivity contribution in [2.75, 3.05) is 6.54 Å². The van der Waals surface area contributed by atoms with Crippen molar-refractivity contribution in [1.29, 1.82) is 0 Å². The minimum Gasteiger partial charge on any atom is -0.352 e. The van der Waals surface area contributed by atoms with Crippen LogP contribution in [0.2, 0.25) is 0 Å².